The zero-order chi connectivity index (χ0) is 27.5. The third kappa shape index (κ3) is 12.9. The number of aromatic nitrogens is 3. The van der Waals surface area contributed by atoms with Crippen molar-refractivity contribution in [1.82, 2.24) is 19.5 Å². The number of allylic oxidation sites excluding steroid dienone is 1. The minimum atomic E-state index is -0.536. The molecule has 3 aromatic rings. The largest absolute Gasteiger partial charge is 2.00 e. The van der Waals surface area contributed by atoms with Gasteiger partial charge in [-0.25, -0.2) is 4.52 Å². The molecule has 11 nitrogen and oxygen atoms in total. The third-order valence-electron chi connectivity index (χ3n) is 5.69. The van der Waals surface area contributed by atoms with E-state index < -0.39 is 4.92 Å². The van der Waals surface area contributed by atoms with Gasteiger partial charge in [0.1, 0.15) is 11.5 Å². The van der Waals surface area contributed by atoms with Crippen LogP contribution >= 0.6 is 0 Å². The van der Waals surface area contributed by atoms with E-state index in [9.17, 15) is 14.9 Å². The zero-order valence-corrected chi connectivity index (χ0v) is 29.5. The van der Waals surface area contributed by atoms with Gasteiger partial charge in [0.05, 0.1) is 10.6 Å². The normalized spacial score (nSPS) is 15.7. The van der Waals surface area contributed by atoms with Gasteiger partial charge >= 0.3 is 31.1 Å². The van der Waals surface area contributed by atoms with Crippen molar-refractivity contribution in [3.05, 3.63) is 89.1 Å². The average Bonchev–Trinajstić information content (AvgIpc) is 3.46. The van der Waals surface area contributed by atoms with E-state index >= 15 is 0 Å². The van der Waals surface area contributed by atoms with E-state index in [1.165, 1.54) is 10.7 Å². The summed E-state index contributed by atoms with van der Waals surface area (Å²) in [6, 6.07) is 11.2. The zero-order valence-electron chi connectivity index (χ0n) is 23.9. The van der Waals surface area contributed by atoms with Crippen LogP contribution in [0, 0.1) is 54.6 Å². The van der Waals surface area contributed by atoms with Gasteiger partial charge in [-0.3, -0.25) is 14.9 Å². The SMILES string of the molecule is CC.CC(=O)Cc1cccc(Oc2ccc3nc([NH-])cn3n2)c1.CN(C)C1CCC(/C([NH-])=C\[N+](=O)[O-])C1.[CH3-].[U+2].[V]. The number of nitrogens with zero attached hydrogens (tertiary/aromatic N) is 5. The Balaban J connectivity index is 0. The molecule has 4 rings (SSSR count). The summed E-state index contributed by atoms with van der Waals surface area (Å²) in [4.78, 5) is 26.9. The predicted octanol–water partition coefficient (Wildman–Crippen LogP) is 6.70. The van der Waals surface area contributed by atoms with Crippen LogP contribution < -0.4 is 4.74 Å². The number of hydrogen-bond donors (Lipinski definition) is 0. The average molecular weight is 814 g/mol. The van der Waals surface area contributed by atoms with E-state index in [0.717, 1.165) is 31.0 Å². The number of carbonyl (C=O) groups excluding carboxylic acids is 1. The van der Waals surface area contributed by atoms with E-state index in [-0.39, 0.29) is 80.3 Å². The van der Waals surface area contributed by atoms with Crippen LogP contribution in [0.5, 0.6) is 11.6 Å². The Morgan fingerprint density at radius 3 is 2.50 bits per heavy atom. The van der Waals surface area contributed by atoms with Gasteiger partial charge in [-0.2, -0.15) is 0 Å². The smallest absolute Gasteiger partial charge is 0.697 e. The van der Waals surface area contributed by atoms with Crippen molar-refractivity contribution in [3.8, 4) is 11.6 Å². The number of nitrogens with one attached hydrogen (secondary N) is 2. The van der Waals surface area contributed by atoms with Gasteiger partial charge in [0, 0.05) is 43.3 Å². The van der Waals surface area contributed by atoms with E-state index in [0.29, 0.717) is 29.7 Å². The molecular weight excluding hydrogens is 775 g/mol. The fourth-order valence-corrected chi connectivity index (χ4v) is 3.97. The molecule has 215 valence electrons. The van der Waals surface area contributed by atoms with Crippen LogP contribution in [0.25, 0.3) is 17.1 Å². The van der Waals surface area contributed by atoms with Crippen molar-refractivity contribution in [2.75, 3.05) is 14.1 Å². The molecule has 0 amide bonds. The van der Waals surface area contributed by atoms with Crippen LogP contribution in [0.1, 0.15) is 45.6 Å². The van der Waals surface area contributed by atoms with Gasteiger partial charge in [0.2, 0.25) is 12.1 Å². The Labute approximate surface area is 272 Å². The minimum absolute atomic E-state index is 0. The van der Waals surface area contributed by atoms with Gasteiger partial charge in [-0.15, -0.1) is 5.10 Å². The molecule has 1 fully saturated rings. The summed E-state index contributed by atoms with van der Waals surface area (Å²) in [6.07, 6.45) is 5.51. The number of Topliss-reactive ketones (excluding diaryl/α,β-unsaturated/α-hetero) is 1. The summed E-state index contributed by atoms with van der Waals surface area (Å²) in [6.45, 7) is 5.56. The van der Waals surface area contributed by atoms with E-state index in [1.807, 2.05) is 46.1 Å². The molecular formula is C27H38N7O4UV-. The maximum Gasteiger partial charge on any atom is 2.00 e. The quantitative estimate of drug-likeness (QED) is 0.146. The van der Waals surface area contributed by atoms with Gasteiger partial charge < -0.3 is 33.5 Å². The van der Waals surface area contributed by atoms with Crippen molar-refractivity contribution in [3.63, 3.8) is 0 Å². The van der Waals surface area contributed by atoms with Crippen LogP contribution in [0.3, 0.4) is 0 Å². The van der Waals surface area contributed by atoms with Crippen LogP contribution in [0.15, 0.2) is 54.5 Å². The number of ether oxygens (including phenoxy) is 1. The van der Waals surface area contributed by atoms with Crippen LogP contribution in [0.2, 0.25) is 0 Å². The molecule has 1 aromatic carbocycles. The summed E-state index contributed by atoms with van der Waals surface area (Å²) in [7, 11) is 4.02. The van der Waals surface area contributed by atoms with Crippen LogP contribution in [-0.2, 0) is 29.8 Å². The summed E-state index contributed by atoms with van der Waals surface area (Å²) in [5, 5.41) is 14.4. The second kappa shape index (κ2) is 19.7. The Morgan fingerprint density at radius 1 is 1.25 bits per heavy atom. The van der Waals surface area contributed by atoms with E-state index in [1.54, 1.807) is 25.1 Å². The fourth-order valence-electron chi connectivity index (χ4n) is 3.97. The number of fused-ring (bicyclic) bond motifs is 1. The molecule has 1 aliphatic carbocycles. The first-order chi connectivity index (χ1) is 17.6. The standard InChI is InChI=1S/C15H13N4O2.C9H16N3O2.C2H6.CH3.U.V/c1-10(20)7-11-3-2-4-12(8-11)21-15-6-5-14-17-13(16)9-19(14)18-15;1-11(2)8-4-3-7(5-8)9(10)6-12(13)14;1-2;;;/h2-6,8-9,16H,7H2,1H3;6-8,10H,3-5H2,1-2H3;1-2H3;1H3;;/q2*-1;;-1;+2;/b;9-6+;;;;. The molecule has 40 heavy (non-hydrogen) atoms. The number of ketones is 1. The molecule has 1 radical (unpaired) electrons. The molecule has 1 saturated carbocycles. The van der Waals surface area contributed by atoms with Crippen molar-refractivity contribution >= 4 is 17.2 Å². The van der Waals surface area contributed by atoms with Gasteiger partial charge in [-0.1, -0.05) is 31.7 Å². The molecule has 2 N–H and O–H groups in total. The first-order valence-corrected chi connectivity index (χ1v) is 12.2. The molecule has 2 aromatic heterocycles. The van der Waals surface area contributed by atoms with Gasteiger partial charge in [0.15, 0.2) is 0 Å². The first kappa shape index (κ1) is 39.8. The van der Waals surface area contributed by atoms with Crippen LogP contribution in [-0.4, -0.2) is 50.3 Å². The van der Waals surface area contributed by atoms with Gasteiger partial charge in [-0.05, 0) is 75.8 Å². The number of imidazole rings is 1. The molecule has 0 spiro atoms. The number of rotatable bonds is 7. The molecule has 0 saturated heterocycles. The topological polar surface area (TPSA) is 150 Å². The number of carbonyl (C=O) groups is 1. The molecule has 2 heterocycles. The Bertz CT molecular complexity index is 1240. The van der Waals surface area contributed by atoms with Gasteiger partial charge in [0.25, 0.3) is 0 Å². The summed E-state index contributed by atoms with van der Waals surface area (Å²) in [5.41, 5.74) is 16.7. The Morgan fingerprint density at radius 2 is 1.93 bits per heavy atom. The molecule has 2 atom stereocenters. The van der Waals surface area contributed by atoms with E-state index in [2.05, 4.69) is 15.0 Å². The second-order valence-electron chi connectivity index (χ2n) is 8.73. The molecule has 0 bridgehead atoms. The third-order valence-corrected chi connectivity index (χ3v) is 5.69. The number of benzene rings is 1. The predicted molar refractivity (Wildman–Crippen MR) is 150 cm³/mol. The molecule has 13 heteroatoms. The Kier molecular flexibility index (Phi) is 19.6. The number of hydrogen-bond acceptors (Lipinski definition) is 7. The summed E-state index contributed by atoms with van der Waals surface area (Å²) < 4.78 is 7.18. The van der Waals surface area contributed by atoms with Crippen molar-refractivity contribution in [2.24, 2.45) is 5.92 Å². The second-order valence-corrected chi connectivity index (χ2v) is 8.73. The van der Waals surface area contributed by atoms with E-state index in [4.69, 9.17) is 16.2 Å². The monoisotopic (exact) mass is 813 g/mol. The fraction of sp³-hybridized carbons (Fsp3) is 0.407. The Hall–Kier alpha value is -2.35. The van der Waals surface area contributed by atoms with Crippen molar-refractivity contribution in [2.45, 2.75) is 52.5 Å². The van der Waals surface area contributed by atoms with Crippen LogP contribution in [0.4, 0.5) is 5.82 Å². The minimum Gasteiger partial charge on any atom is -0.697 e. The first-order valence-electron chi connectivity index (χ1n) is 12.2. The maximum atomic E-state index is 11.2. The van der Waals surface area contributed by atoms with Crippen molar-refractivity contribution < 1.29 is 64.1 Å². The summed E-state index contributed by atoms with van der Waals surface area (Å²) in [5.74, 6) is 1.36. The summed E-state index contributed by atoms with van der Waals surface area (Å²) >= 11 is 0. The molecule has 0 aliphatic heterocycles. The van der Waals surface area contributed by atoms with Crippen molar-refractivity contribution in [1.29, 1.82) is 0 Å². The number of nitro groups is 1. The molecule has 2 unspecified atom stereocenters. The maximum absolute atomic E-state index is 11.2. The molecule has 1 aliphatic rings.